The van der Waals surface area contributed by atoms with Gasteiger partial charge in [0, 0.05) is 11.3 Å². The summed E-state index contributed by atoms with van der Waals surface area (Å²) in [7, 11) is 0. The molecule has 2 aromatic rings. The van der Waals surface area contributed by atoms with Gasteiger partial charge in [-0.25, -0.2) is 8.78 Å². The van der Waals surface area contributed by atoms with Crippen LogP contribution in [0.25, 0.3) is 0 Å². The van der Waals surface area contributed by atoms with Gasteiger partial charge < -0.3 is 11.1 Å². The number of hydrogen-bond acceptors (Lipinski definition) is 2. The van der Waals surface area contributed by atoms with Gasteiger partial charge in [0.2, 0.25) is 5.91 Å². The van der Waals surface area contributed by atoms with Gasteiger partial charge in [0.15, 0.2) is 11.6 Å². The van der Waals surface area contributed by atoms with E-state index in [1.807, 2.05) is 0 Å². The van der Waals surface area contributed by atoms with Gasteiger partial charge in [0.1, 0.15) is 0 Å². The molecule has 0 atom stereocenters. The van der Waals surface area contributed by atoms with Crippen LogP contribution in [0.15, 0.2) is 36.4 Å². The molecule has 0 aliphatic rings. The fourth-order valence-corrected chi connectivity index (χ4v) is 1.88. The summed E-state index contributed by atoms with van der Waals surface area (Å²) < 4.78 is 26.1. The first-order valence-electron chi connectivity index (χ1n) is 5.74. The highest BCUT2D eigenvalue weighted by Crippen LogP contribution is 2.21. The molecule has 21 heavy (non-hydrogen) atoms. The molecule has 0 saturated carbocycles. The Bertz CT molecular complexity index is 735. The molecule has 0 spiro atoms. The van der Waals surface area contributed by atoms with Gasteiger partial charge in [-0.1, -0.05) is 17.7 Å². The van der Waals surface area contributed by atoms with Crippen LogP contribution in [-0.2, 0) is 0 Å². The molecule has 0 heterocycles. The van der Waals surface area contributed by atoms with E-state index in [0.29, 0.717) is 12.1 Å². The van der Waals surface area contributed by atoms with E-state index >= 15 is 0 Å². The Morgan fingerprint density at radius 2 is 1.76 bits per heavy atom. The second-order valence-corrected chi connectivity index (χ2v) is 4.55. The minimum absolute atomic E-state index is 0.198. The summed E-state index contributed by atoms with van der Waals surface area (Å²) >= 11 is 5.70. The molecule has 0 fully saturated rings. The fourth-order valence-electron chi connectivity index (χ4n) is 1.65. The molecule has 0 aliphatic carbocycles. The number of carbonyl (C=O) groups excluding carboxylic acids is 2. The lowest BCUT2D eigenvalue weighted by Gasteiger charge is -2.08. The van der Waals surface area contributed by atoms with Crippen LogP contribution < -0.4 is 11.1 Å². The number of anilines is 1. The summed E-state index contributed by atoms with van der Waals surface area (Å²) in [6.45, 7) is 0. The summed E-state index contributed by atoms with van der Waals surface area (Å²) in [5, 5.41) is 2.20. The minimum atomic E-state index is -1.18. The van der Waals surface area contributed by atoms with Crippen LogP contribution in [0.2, 0.25) is 5.02 Å². The number of nitrogens with one attached hydrogen (secondary N) is 1. The topological polar surface area (TPSA) is 72.2 Å². The zero-order valence-electron chi connectivity index (χ0n) is 10.5. The Kier molecular flexibility index (Phi) is 4.18. The quantitative estimate of drug-likeness (QED) is 0.855. The third-order valence-electron chi connectivity index (χ3n) is 2.66. The van der Waals surface area contributed by atoms with Crippen LogP contribution in [0.5, 0.6) is 0 Å². The summed E-state index contributed by atoms with van der Waals surface area (Å²) in [6.07, 6.45) is 0. The van der Waals surface area contributed by atoms with Crippen molar-refractivity contribution in [3.05, 3.63) is 64.2 Å². The van der Waals surface area contributed by atoms with E-state index in [4.69, 9.17) is 17.3 Å². The summed E-state index contributed by atoms with van der Waals surface area (Å²) in [5.74, 6) is -3.72. The van der Waals surface area contributed by atoms with Crippen molar-refractivity contribution >= 4 is 29.1 Å². The van der Waals surface area contributed by atoms with Crippen LogP contribution in [0.4, 0.5) is 14.5 Å². The van der Waals surface area contributed by atoms with Gasteiger partial charge in [0.25, 0.3) is 5.91 Å². The first-order valence-corrected chi connectivity index (χ1v) is 6.12. The van der Waals surface area contributed by atoms with Crippen LogP contribution in [-0.4, -0.2) is 11.8 Å². The molecule has 2 rings (SSSR count). The monoisotopic (exact) mass is 310 g/mol. The maximum Gasteiger partial charge on any atom is 0.257 e. The van der Waals surface area contributed by atoms with Crippen molar-refractivity contribution in [1.29, 1.82) is 0 Å². The summed E-state index contributed by atoms with van der Waals surface area (Å²) in [5.41, 5.74) is 5.37. The van der Waals surface area contributed by atoms with Gasteiger partial charge >= 0.3 is 0 Å². The van der Waals surface area contributed by atoms with Crippen molar-refractivity contribution in [2.75, 3.05) is 5.32 Å². The molecule has 0 saturated heterocycles. The van der Waals surface area contributed by atoms with E-state index in [-0.39, 0.29) is 21.8 Å². The lowest BCUT2D eigenvalue weighted by atomic mass is 10.1. The Balaban J connectivity index is 2.28. The molecular weight excluding hydrogens is 302 g/mol. The number of nitrogens with two attached hydrogens (primary N) is 1. The molecule has 7 heteroatoms. The average Bonchev–Trinajstić information content (AvgIpc) is 2.43. The van der Waals surface area contributed by atoms with E-state index < -0.39 is 23.4 Å². The minimum Gasteiger partial charge on any atom is -0.366 e. The molecule has 0 aliphatic heterocycles. The normalized spacial score (nSPS) is 10.2. The highest BCUT2D eigenvalue weighted by molar-refractivity contribution is 6.34. The molecule has 2 amide bonds. The zero-order valence-corrected chi connectivity index (χ0v) is 11.2. The first-order chi connectivity index (χ1) is 9.88. The van der Waals surface area contributed by atoms with Crippen LogP contribution >= 0.6 is 11.6 Å². The molecule has 0 unspecified atom stereocenters. The van der Waals surface area contributed by atoms with E-state index in [1.54, 1.807) is 0 Å². The third-order valence-corrected chi connectivity index (χ3v) is 2.97. The number of halogens is 3. The molecule has 4 nitrogen and oxygen atoms in total. The molecule has 108 valence electrons. The third kappa shape index (κ3) is 3.35. The van der Waals surface area contributed by atoms with Crippen molar-refractivity contribution in [1.82, 2.24) is 0 Å². The maximum atomic E-state index is 13.2. The average molecular weight is 311 g/mol. The predicted octanol–water partition coefficient (Wildman–Crippen LogP) is 2.97. The number of amides is 2. The van der Waals surface area contributed by atoms with Gasteiger partial charge in [-0.15, -0.1) is 0 Å². The Hall–Kier alpha value is -2.47. The number of primary amides is 1. The number of carbonyl (C=O) groups is 2. The molecule has 2 aromatic carbocycles. The summed E-state index contributed by atoms with van der Waals surface area (Å²) in [4.78, 5) is 23.0. The Morgan fingerprint density at radius 1 is 1.10 bits per heavy atom. The zero-order chi connectivity index (χ0) is 15.6. The van der Waals surface area contributed by atoms with Gasteiger partial charge in [-0.3, -0.25) is 9.59 Å². The van der Waals surface area contributed by atoms with Crippen LogP contribution in [0.3, 0.4) is 0 Å². The van der Waals surface area contributed by atoms with Crippen molar-refractivity contribution in [2.24, 2.45) is 5.73 Å². The molecule has 0 bridgehead atoms. The van der Waals surface area contributed by atoms with Crippen LogP contribution in [0.1, 0.15) is 20.7 Å². The maximum absolute atomic E-state index is 13.2. The van der Waals surface area contributed by atoms with E-state index in [9.17, 15) is 18.4 Å². The Morgan fingerprint density at radius 3 is 2.43 bits per heavy atom. The van der Waals surface area contributed by atoms with E-state index in [1.165, 1.54) is 24.3 Å². The summed E-state index contributed by atoms with van der Waals surface area (Å²) in [6, 6.07) is 7.27. The van der Waals surface area contributed by atoms with Gasteiger partial charge in [0.05, 0.1) is 10.6 Å². The highest BCUT2D eigenvalue weighted by Gasteiger charge is 2.15. The molecule has 3 N–H and O–H groups in total. The van der Waals surface area contributed by atoms with Crippen molar-refractivity contribution in [3.63, 3.8) is 0 Å². The largest absolute Gasteiger partial charge is 0.366 e. The number of rotatable bonds is 3. The first kappa shape index (κ1) is 14.9. The lowest BCUT2D eigenvalue weighted by Crippen LogP contribution is -2.15. The van der Waals surface area contributed by atoms with Gasteiger partial charge in [-0.2, -0.15) is 0 Å². The fraction of sp³-hybridized carbons (Fsp3) is 0. The molecule has 0 radical (unpaired) electrons. The van der Waals surface area contributed by atoms with Crippen LogP contribution in [0, 0.1) is 11.6 Å². The van der Waals surface area contributed by atoms with Crippen molar-refractivity contribution in [2.45, 2.75) is 0 Å². The predicted molar refractivity (Wildman–Crippen MR) is 74.3 cm³/mol. The molecule has 0 aromatic heterocycles. The van der Waals surface area contributed by atoms with Crippen molar-refractivity contribution in [3.8, 4) is 0 Å². The second kappa shape index (κ2) is 5.88. The van der Waals surface area contributed by atoms with E-state index in [2.05, 4.69) is 5.32 Å². The van der Waals surface area contributed by atoms with Gasteiger partial charge in [-0.05, 0) is 30.3 Å². The SMILES string of the molecule is NC(=O)c1cccc(NC(=O)c2cc(F)c(F)cc2Cl)c1. The molecular formula is C14H9ClF2N2O2. The standard InChI is InChI=1S/C14H9ClF2N2O2/c15-10-6-12(17)11(16)5-9(10)14(21)19-8-3-1-2-7(4-8)13(18)20/h1-6H,(H2,18,20)(H,19,21). The van der Waals surface area contributed by atoms with E-state index in [0.717, 1.165) is 0 Å². The van der Waals surface area contributed by atoms with Crippen molar-refractivity contribution < 1.29 is 18.4 Å². The highest BCUT2D eigenvalue weighted by atomic mass is 35.5. The Labute approximate surface area is 123 Å². The second-order valence-electron chi connectivity index (χ2n) is 4.15. The lowest BCUT2D eigenvalue weighted by molar-refractivity contribution is 0.0996. The number of benzene rings is 2. The smallest absolute Gasteiger partial charge is 0.257 e. The number of hydrogen-bond donors (Lipinski definition) is 2.